The second kappa shape index (κ2) is 8.50. The lowest BCUT2D eigenvalue weighted by Crippen LogP contribution is -2.36. The third kappa shape index (κ3) is 3.93. The Balaban J connectivity index is 1.85. The molecule has 0 spiro atoms. The molecular weight excluding hydrogens is 419 g/mol. The van der Waals surface area contributed by atoms with Gasteiger partial charge < -0.3 is 4.74 Å². The molecule has 4 nitrogen and oxygen atoms in total. The van der Waals surface area contributed by atoms with E-state index in [-0.39, 0.29) is 18.0 Å². The summed E-state index contributed by atoms with van der Waals surface area (Å²) in [5.74, 6) is 1.29. The van der Waals surface area contributed by atoms with Crippen molar-refractivity contribution in [1.29, 1.82) is 0 Å². The lowest BCUT2D eigenvalue weighted by Gasteiger charge is -2.28. The monoisotopic (exact) mass is 438 g/mol. The number of carbonyl (C=O) groups excluding carboxylic acids is 1. The first-order valence-electron chi connectivity index (χ1n) is 9.51. The highest BCUT2D eigenvalue weighted by Gasteiger charge is 2.40. The van der Waals surface area contributed by atoms with Crippen LogP contribution in [0.3, 0.4) is 0 Å². The highest BCUT2D eigenvalue weighted by atomic mass is 35.5. The van der Waals surface area contributed by atoms with Gasteiger partial charge in [-0.1, -0.05) is 47.5 Å². The van der Waals surface area contributed by atoms with Gasteiger partial charge in [-0.25, -0.2) is 0 Å². The fraction of sp³-hybridized carbons (Fsp3) is 0.167. The molecular formula is C24H20Cl2N2O2. The molecule has 0 radical (unpaired) electrons. The Morgan fingerprint density at radius 2 is 1.40 bits per heavy atom. The molecule has 1 aliphatic rings. The Morgan fingerprint density at radius 3 is 1.90 bits per heavy atom. The number of rotatable bonds is 4. The standard InChI is InChI=1S/C24H20Cl2N2O2/c1-15(29)28-23(17-5-11-20(26)12-6-17)22(16-3-9-19(25)10-4-16)27-24(28)18-7-13-21(30-2)14-8-18/h3-14,22-23H,1-2H3. The van der Waals surface area contributed by atoms with Crippen molar-refractivity contribution in [2.24, 2.45) is 4.99 Å². The fourth-order valence-electron chi connectivity index (χ4n) is 3.74. The van der Waals surface area contributed by atoms with Gasteiger partial charge in [-0.2, -0.15) is 0 Å². The SMILES string of the molecule is COc1ccc(C2=NC(c3ccc(Cl)cc3)C(c3ccc(Cl)cc3)N2C(C)=O)cc1. The highest BCUT2D eigenvalue weighted by molar-refractivity contribution is 6.30. The minimum atomic E-state index is -0.293. The van der Waals surface area contributed by atoms with Gasteiger partial charge in [-0.3, -0.25) is 14.7 Å². The normalized spacial score (nSPS) is 18.3. The zero-order valence-corrected chi connectivity index (χ0v) is 18.1. The van der Waals surface area contributed by atoms with Crippen molar-refractivity contribution in [1.82, 2.24) is 4.90 Å². The minimum absolute atomic E-state index is 0.0824. The van der Waals surface area contributed by atoms with E-state index in [2.05, 4.69) is 0 Å². The average molecular weight is 439 g/mol. The van der Waals surface area contributed by atoms with Gasteiger partial charge >= 0.3 is 0 Å². The Morgan fingerprint density at radius 1 is 0.867 bits per heavy atom. The van der Waals surface area contributed by atoms with E-state index in [9.17, 15) is 4.79 Å². The van der Waals surface area contributed by atoms with E-state index in [4.69, 9.17) is 32.9 Å². The number of benzene rings is 3. The van der Waals surface area contributed by atoms with Crippen LogP contribution in [0.2, 0.25) is 10.0 Å². The molecule has 0 aliphatic carbocycles. The Kier molecular flexibility index (Phi) is 5.80. The van der Waals surface area contributed by atoms with Crippen molar-refractivity contribution in [3.8, 4) is 5.75 Å². The molecule has 0 saturated heterocycles. The third-order valence-electron chi connectivity index (χ3n) is 5.18. The molecule has 4 rings (SSSR count). The topological polar surface area (TPSA) is 41.9 Å². The first-order chi connectivity index (χ1) is 14.5. The Bertz CT molecular complexity index is 1080. The van der Waals surface area contributed by atoms with E-state index in [0.29, 0.717) is 15.9 Å². The quantitative estimate of drug-likeness (QED) is 0.494. The van der Waals surface area contributed by atoms with Crippen molar-refractivity contribution in [2.75, 3.05) is 7.11 Å². The van der Waals surface area contributed by atoms with Crippen LogP contribution >= 0.6 is 23.2 Å². The molecule has 1 aliphatic heterocycles. The average Bonchev–Trinajstić information content (AvgIpc) is 3.16. The maximum Gasteiger partial charge on any atom is 0.225 e. The van der Waals surface area contributed by atoms with Gasteiger partial charge in [0.1, 0.15) is 17.6 Å². The third-order valence-corrected chi connectivity index (χ3v) is 5.68. The van der Waals surface area contributed by atoms with Crippen LogP contribution in [-0.2, 0) is 4.79 Å². The number of carbonyl (C=O) groups is 1. The van der Waals surface area contributed by atoms with Gasteiger partial charge in [-0.05, 0) is 59.7 Å². The van der Waals surface area contributed by atoms with Crippen molar-refractivity contribution in [2.45, 2.75) is 19.0 Å². The van der Waals surface area contributed by atoms with Crippen LogP contribution in [-0.4, -0.2) is 23.8 Å². The molecule has 3 aromatic carbocycles. The zero-order valence-electron chi connectivity index (χ0n) is 16.5. The molecule has 30 heavy (non-hydrogen) atoms. The van der Waals surface area contributed by atoms with Gasteiger partial charge in [0, 0.05) is 22.5 Å². The Hall–Kier alpha value is -2.82. The number of amidine groups is 1. The smallest absolute Gasteiger partial charge is 0.225 e. The highest BCUT2D eigenvalue weighted by Crippen LogP contribution is 2.44. The van der Waals surface area contributed by atoms with Crippen molar-refractivity contribution in [3.05, 3.63) is 99.5 Å². The molecule has 0 fully saturated rings. The van der Waals surface area contributed by atoms with Crippen molar-refractivity contribution >= 4 is 34.9 Å². The van der Waals surface area contributed by atoms with Gasteiger partial charge in [0.25, 0.3) is 0 Å². The lowest BCUT2D eigenvalue weighted by atomic mass is 9.93. The number of hydrogen-bond donors (Lipinski definition) is 0. The van der Waals surface area contributed by atoms with Gasteiger partial charge in [0.05, 0.1) is 13.2 Å². The van der Waals surface area contributed by atoms with Crippen LogP contribution in [0.15, 0.2) is 77.8 Å². The van der Waals surface area contributed by atoms with E-state index >= 15 is 0 Å². The van der Waals surface area contributed by atoms with Crippen LogP contribution in [0.4, 0.5) is 0 Å². The maximum atomic E-state index is 12.8. The van der Waals surface area contributed by atoms with E-state index in [1.54, 1.807) is 18.9 Å². The lowest BCUT2D eigenvalue weighted by molar-refractivity contribution is -0.126. The predicted octanol–water partition coefficient (Wildman–Crippen LogP) is 6.09. The summed E-state index contributed by atoms with van der Waals surface area (Å²) in [5.41, 5.74) is 2.79. The molecule has 152 valence electrons. The molecule has 2 atom stereocenters. The first kappa shape index (κ1) is 20.5. The molecule has 3 aromatic rings. The van der Waals surface area contributed by atoms with E-state index < -0.39 is 0 Å². The fourth-order valence-corrected chi connectivity index (χ4v) is 4.00. The second-order valence-electron chi connectivity index (χ2n) is 7.06. The summed E-state index contributed by atoms with van der Waals surface area (Å²) in [6.07, 6.45) is 0. The number of methoxy groups -OCH3 is 1. The summed E-state index contributed by atoms with van der Waals surface area (Å²) in [4.78, 5) is 19.6. The van der Waals surface area contributed by atoms with Gasteiger partial charge in [0.15, 0.2) is 0 Å². The summed E-state index contributed by atoms with van der Waals surface area (Å²) >= 11 is 12.2. The summed E-state index contributed by atoms with van der Waals surface area (Å²) in [6.45, 7) is 1.56. The van der Waals surface area contributed by atoms with Crippen LogP contribution in [0.25, 0.3) is 0 Å². The number of hydrogen-bond acceptors (Lipinski definition) is 3. The maximum absolute atomic E-state index is 12.8. The molecule has 0 bridgehead atoms. The van der Waals surface area contributed by atoms with Crippen LogP contribution in [0.5, 0.6) is 5.75 Å². The first-order valence-corrected chi connectivity index (χ1v) is 10.3. The number of aliphatic imine (C=N–C) groups is 1. The number of nitrogens with zero attached hydrogens (tertiary/aromatic N) is 2. The zero-order chi connectivity index (χ0) is 21.3. The molecule has 0 saturated carbocycles. The Labute approximate surface area is 185 Å². The van der Waals surface area contributed by atoms with Gasteiger partial charge in [-0.15, -0.1) is 0 Å². The van der Waals surface area contributed by atoms with E-state index in [1.807, 2.05) is 72.8 Å². The summed E-state index contributed by atoms with van der Waals surface area (Å²) in [6, 6.07) is 22.1. The van der Waals surface area contributed by atoms with Crippen LogP contribution in [0, 0.1) is 0 Å². The number of amides is 1. The van der Waals surface area contributed by atoms with Crippen LogP contribution < -0.4 is 4.74 Å². The number of halogens is 2. The van der Waals surface area contributed by atoms with E-state index in [0.717, 1.165) is 22.4 Å². The number of ether oxygens (including phenoxy) is 1. The molecule has 0 aromatic heterocycles. The van der Waals surface area contributed by atoms with Crippen molar-refractivity contribution in [3.63, 3.8) is 0 Å². The molecule has 2 unspecified atom stereocenters. The molecule has 1 heterocycles. The van der Waals surface area contributed by atoms with Crippen LogP contribution in [0.1, 0.15) is 35.7 Å². The van der Waals surface area contributed by atoms with Crippen molar-refractivity contribution < 1.29 is 9.53 Å². The van der Waals surface area contributed by atoms with E-state index in [1.165, 1.54) is 0 Å². The molecule has 1 amide bonds. The summed E-state index contributed by atoms with van der Waals surface area (Å²) in [7, 11) is 1.62. The predicted molar refractivity (Wildman–Crippen MR) is 120 cm³/mol. The largest absolute Gasteiger partial charge is 0.497 e. The molecule has 0 N–H and O–H groups in total. The summed E-state index contributed by atoms with van der Waals surface area (Å²) in [5, 5.41) is 1.30. The van der Waals surface area contributed by atoms with Gasteiger partial charge in [0.2, 0.25) is 5.91 Å². The molecule has 6 heteroatoms. The summed E-state index contributed by atoms with van der Waals surface area (Å²) < 4.78 is 5.26. The second-order valence-corrected chi connectivity index (χ2v) is 7.94. The minimum Gasteiger partial charge on any atom is -0.497 e.